The largest absolute Gasteiger partial charge is 0.460 e. The van der Waals surface area contributed by atoms with Crippen molar-refractivity contribution in [2.24, 2.45) is 0 Å². The van der Waals surface area contributed by atoms with Gasteiger partial charge in [0.05, 0.1) is 52.9 Å². The third-order valence-corrected chi connectivity index (χ3v) is 10.5. The molecule has 0 aromatic rings. The molecule has 1 aliphatic rings. The van der Waals surface area contributed by atoms with E-state index in [0.29, 0.717) is 0 Å². The van der Waals surface area contributed by atoms with Gasteiger partial charge < -0.3 is 18.9 Å². The van der Waals surface area contributed by atoms with Crippen molar-refractivity contribution in [2.45, 2.75) is 121 Å². The van der Waals surface area contributed by atoms with Crippen molar-refractivity contribution in [3.8, 4) is 0 Å². The molecule has 0 atom stereocenters. The molecule has 0 amide bonds. The van der Waals surface area contributed by atoms with E-state index in [1.54, 1.807) is 0 Å². The third kappa shape index (κ3) is 12.8. The van der Waals surface area contributed by atoms with E-state index in [1.165, 1.54) is 0 Å². The predicted molar refractivity (Wildman–Crippen MR) is 176 cm³/mol. The fraction of sp³-hybridized carbons (Fsp3) is 1.00. The van der Waals surface area contributed by atoms with Crippen molar-refractivity contribution in [1.29, 1.82) is 0 Å². The van der Waals surface area contributed by atoms with Crippen LogP contribution in [-0.2, 0) is 18.9 Å². The highest BCUT2D eigenvalue weighted by Crippen LogP contribution is 2.66. The van der Waals surface area contributed by atoms with E-state index < -0.39 is 213 Å². The summed E-state index contributed by atoms with van der Waals surface area (Å²) in [6.07, 6.45) is -24.3. The van der Waals surface area contributed by atoms with Crippen molar-refractivity contribution in [1.82, 2.24) is 9.80 Å². The Hall–Kier alpha value is -2.62. The van der Waals surface area contributed by atoms with Crippen LogP contribution in [0.2, 0.25) is 0 Å². The maximum atomic E-state index is 14.4. The Morgan fingerprint density at radius 3 is 0.595 bits per heavy atom. The van der Waals surface area contributed by atoms with Crippen LogP contribution in [0, 0.1) is 0 Å². The molecule has 0 aliphatic carbocycles. The lowest BCUT2D eigenvalue weighted by molar-refractivity contribution is -0.461. The van der Waals surface area contributed by atoms with Crippen molar-refractivity contribution >= 4 is 0 Å². The van der Waals surface area contributed by atoms with Gasteiger partial charge in [0.1, 0.15) is 0 Å². The number of hydrogen-bond acceptors (Lipinski definition) is 6. The van der Waals surface area contributed by atoms with E-state index in [4.69, 9.17) is 18.9 Å². The Balaban J connectivity index is 3.00. The Labute approximate surface area is 391 Å². The van der Waals surface area contributed by atoms with Gasteiger partial charge in [0, 0.05) is 39.0 Å². The maximum Gasteiger partial charge on any atom is 0.460 e. The molecule has 0 aromatic carbocycles. The summed E-state index contributed by atoms with van der Waals surface area (Å²) in [7, 11) is 0. The van der Waals surface area contributed by atoms with Crippen LogP contribution in [0.5, 0.6) is 0 Å². The summed E-state index contributed by atoms with van der Waals surface area (Å²) in [5, 5.41) is 0. The average Bonchev–Trinajstić information content (AvgIpc) is 3.22. The molecule has 1 fully saturated rings. The molecule has 40 heteroatoms. The van der Waals surface area contributed by atoms with E-state index in [9.17, 15) is 149 Å². The summed E-state index contributed by atoms with van der Waals surface area (Å²) in [5.41, 5.74) is 0. The SMILES string of the molecule is FC(F)(F)C(F)(F)C(F)(F)C(F)(F)C(F)(F)C(F)(F)C(F)(F)C(F)(F)CCCN1CCOCCOCCN(CCCC(F)(F)C(F)(F)C(F)(F)C(F)(F)C(F)(F)C(F)(F)C(F)(F)C(F)(F)F)CCOCCOCC1. The quantitative estimate of drug-likeness (QED) is 0.113. The van der Waals surface area contributed by atoms with E-state index >= 15 is 0 Å². The van der Waals surface area contributed by atoms with Gasteiger partial charge in [-0.1, -0.05) is 0 Å². The summed E-state index contributed by atoms with van der Waals surface area (Å²) in [5.74, 6) is -115. The van der Waals surface area contributed by atoms with Gasteiger partial charge in [0.15, 0.2) is 0 Å². The number of ether oxygens (including phenoxy) is 4. The van der Waals surface area contributed by atoms with Gasteiger partial charge in [-0.05, 0) is 25.9 Å². The first-order valence-electron chi connectivity index (χ1n) is 19.8. The molecule has 0 saturated carbocycles. The lowest BCUT2D eigenvalue weighted by Crippen LogP contribution is -2.74. The van der Waals surface area contributed by atoms with E-state index in [0.717, 1.165) is 9.80 Å². The van der Waals surface area contributed by atoms with Gasteiger partial charge in [-0.3, -0.25) is 9.80 Å². The molecular weight excluding hydrogens is 1150 g/mol. The fourth-order valence-corrected chi connectivity index (χ4v) is 5.85. The van der Waals surface area contributed by atoms with Gasteiger partial charge in [-0.2, -0.15) is 149 Å². The van der Waals surface area contributed by atoms with E-state index in [-0.39, 0.29) is 0 Å². The van der Waals surface area contributed by atoms with Crippen LogP contribution < -0.4 is 0 Å². The topological polar surface area (TPSA) is 43.4 Å². The van der Waals surface area contributed by atoms with Gasteiger partial charge >= 0.3 is 95.3 Å². The molecule has 0 spiro atoms. The molecule has 1 rings (SSSR count). The van der Waals surface area contributed by atoms with Gasteiger partial charge in [-0.15, -0.1) is 0 Å². The second kappa shape index (κ2) is 23.0. The van der Waals surface area contributed by atoms with Gasteiger partial charge in [-0.25, -0.2) is 0 Å². The third-order valence-electron chi connectivity index (χ3n) is 10.5. The van der Waals surface area contributed by atoms with Crippen molar-refractivity contribution < 1.29 is 168 Å². The second-order valence-corrected chi connectivity index (χ2v) is 15.6. The van der Waals surface area contributed by atoms with Gasteiger partial charge in [0.2, 0.25) is 0 Å². The zero-order chi connectivity index (χ0) is 58.7. The number of nitrogens with zero attached hydrogens (tertiary/aromatic N) is 2. The average molecular weight is 1180 g/mol. The first-order chi connectivity index (χ1) is 32.7. The first-order valence-corrected chi connectivity index (χ1v) is 19.8. The van der Waals surface area contributed by atoms with Gasteiger partial charge in [0.25, 0.3) is 0 Å². The summed E-state index contributed by atoms with van der Waals surface area (Å²) in [6.45, 7) is -8.01. The number of rotatable bonds is 20. The van der Waals surface area contributed by atoms with E-state index in [1.807, 2.05) is 0 Å². The maximum absolute atomic E-state index is 14.4. The Kier molecular flexibility index (Phi) is 21.6. The van der Waals surface area contributed by atoms with Crippen molar-refractivity contribution in [3.05, 3.63) is 0 Å². The number of hydrogen-bond donors (Lipinski definition) is 0. The molecule has 0 unspecified atom stereocenters. The summed E-state index contributed by atoms with van der Waals surface area (Å²) < 4.78 is 483. The van der Waals surface area contributed by atoms with Crippen LogP contribution in [0.25, 0.3) is 0 Å². The molecule has 1 saturated heterocycles. The molecule has 0 radical (unpaired) electrons. The Bertz CT molecular complexity index is 1610. The van der Waals surface area contributed by atoms with Crippen molar-refractivity contribution in [2.75, 3.05) is 92.1 Å². The molecule has 0 aromatic heterocycles. The summed E-state index contributed by atoms with van der Waals surface area (Å²) >= 11 is 0. The molecule has 1 aliphatic heterocycles. The lowest BCUT2D eigenvalue weighted by atomic mass is 9.88. The number of halogens is 34. The molecule has 1 heterocycles. The normalized spacial score (nSPS) is 19.4. The highest BCUT2D eigenvalue weighted by molar-refractivity contribution is 5.16. The summed E-state index contributed by atoms with van der Waals surface area (Å²) in [4.78, 5) is 1.86. The predicted octanol–water partition coefficient (Wildman–Crippen LogP) is 12.2. The molecule has 444 valence electrons. The van der Waals surface area contributed by atoms with Crippen LogP contribution in [0.4, 0.5) is 149 Å². The molecule has 0 bridgehead atoms. The molecule has 74 heavy (non-hydrogen) atoms. The van der Waals surface area contributed by atoms with Crippen LogP contribution in [0.3, 0.4) is 0 Å². The lowest BCUT2D eigenvalue weighted by Gasteiger charge is -2.42. The zero-order valence-corrected chi connectivity index (χ0v) is 36.1. The highest BCUT2D eigenvalue weighted by Gasteiger charge is 2.97. The Morgan fingerprint density at radius 1 is 0.230 bits per heavy atom. The first kappa shape index (κ1) is 69.4. The fourth-order valence-electron chi connectivity index (χ4n) is 5.85. The zero-order valence-electron chi connectivity index (χ0n) is 36.1. The molecular formula is C34H36F34N2O4. The summed E-state index contributed by atoms with van der Waals surface area (Å²) in [6, 6.07) is 0. The molecule has 6 nitrogen and oxygen atoms in total. The van der Waals surface area contributed by atoms with Crippen LogP contribution in [0.1, 0.15) is 25.7 Å². The van der Waals surface area contributed by atoms with Crippen LogP contribution in [-0.4, -0.2) is 197 Å². The highest BCUT2D eigenvalue weighted by atomic mass is 19.4. The monoisotopic (exact) mass is 1180 g/mol. The Morgan fingerprint density at radius 2 is 0.405 bits per heavy atom. The second-order valence-electron chi connectivity index (χ2n) is 15.6. The van der Waals surface area contributed by atoms with Crippen molar-refractivity contribution in [3.63, 3.8) is 0 Å². The van der Waals surface area contributed by atoms with E-state index in [2.05, 4.69) is 0 Å². The minimum atomic E-state index is -8.80. The van der Waals surface area contributed by atoms with Crippen LogP contribution >= 0.6 is 0 Å². The smallest absolute Gasteiger partial charge is 0.378 e. The van der Waals surface area contributed by atoms with Crippen LogP contribution in [0.15, 0.2) is 0 Å². The molecule has 0 N–H and O–H groups in total. The standard InChI is InChI=1S/C34H36F34N2O4/c35-19(36,21(39,40)23(43,44)25(47,48)27(51,52)29(55,56)31(59,60)33(63,64)65)3-1-5-69-7-11-71-15-17-73-13-9-70(10-14-74-18-16-72-12-8-69)6-2-4-20(37,38)22(41,42)24(45,46)26(49,50)28(53,54)30(57,58)32(61,62)34(66,67)68/h1-18H2. The minimum Gasteiger partial charge on any atom is -0.378 e. The minimum absolute atomic E-state index is 0.488. The number of alkyl halides is 34.